The quantitative estimate of drug-likeness (QED) is 0.0346. The summed E-state index contributed by atoms with van der Waals surface area (Å²) in [5, 5.41) is 0. The zero-order chi connectivity index (χ0) is 42.4. The highest BCUT2D eigenvalue weighted by atomic mass is 16.6. The monoisotopic (exact) mass is 821 g/mol. The second-order valence-corrected chi connectivity index (χ2v) is 18.3. The SMILES string of the molecule is CCCCCCCCCCCCCCCCCCCCCC(=O)O[C@@H](COC(=O)CCCCCCC)COC(=O)CCCCCCCCCCCCCCCC(C)C. The molecule has 0 saturated carbocycles. The Hall–Kier alpha value is -1.59. The van der Waals surface area contributed by atoms with Gasteiger partial charge < -0.3 is 14.2 Å². The summed E-state index contributed by atoms with van der Waals surface area (Å²) < 4.78 is 16.7. The van der Waals surface area contributed by atoms with E-state index in [0.717, 1.165) is 70.1 Å². The smallest absolute Gasteiger partial charge is 0.306 e. The Bertz CT molecular complexity index is 872. The van der Waals surface area contributed by atoms with Crippen LogP contribution in [0.15, 0.2) is 0 Å². The fraction of sp³-hybridized carbons (Fsp3) is 0.942. The van der Waals surface area contributed by atoms with Crippen LogP contribution in [-0.2, 0) is 28.6 Å². The molecule has 0 radical (unpaired) electrons. The molecule has 6 nitrogen and oxygen atoms in total. The summed E-state index contributed by atoms with van der Waals surface area (Å²) in [6.45, 7) is 8.96. The Morgan fingerprint density at radius 2 is 0.569 bits per heavy atom. The Morgan fingerprint density at radius 1 is 0.328 bits per heavy atom. The third-order valence-electron chi connectivity index (χ3n) is 11.8. The molecule has 58 heavy (non-hydrogen) atoms. The molecule has 0 rings (SSSR count). The predicted octanol–water partition coefficient (Wildman–Crippen LogP) is 16.7. The number of rotatable bonds is 47. The molecule has 0 saturated heterocycles. The molecule has 0 unspecified atom stereocenters. The lowest BCUT2D eigenvalue weighted by molar-refractivity contribution is -0.167. The molecule has 0 heterocycles. The maximum atomic E-state index is 12.7. The number of unbranched alkanes of at least 4 members (excludes halogenated alkanes) is 34. The largest absolute Gasteiger partial charge is 0.462 e. The van der Waals surface area contributed by atoms with E-state index in [-0.39, 0.29) is 31.1 Å². The summed E-state index contributed by atoms with van der Waals surface area (Å²) in [5.74, 6) is -0.0199. The minimum atomic E-state index is -0.759. The Kier molecular flexibility index (Phi) is 45.2. The number of carbonyl (C=O) groups is 3. The minimum Gasteiger partial charge on any atom is -0.462 e. The van der Waals surface area contributed by atoms with Gasteiger partial charge in [-0.2, -0.15) is 0 Å². The first-order chi connectivity index (χ1) is 28.4. The number of ether oxygens (including phenoxy) is 3. The zero-order valence-electron chi connectivity index (χ0n) is 39.5. The molecule has 0 bridgehead atoms. The molecular weight excluding hydrogens is 721 g/mol. The van der Waals surface area contributed by atoms with Gasteiger partial charge in [-0.1, -0.05) is 252 Å². The molecule has 0 aromatic heterocycles. The first-order valence-corrected chi connectivity index (χ1v) is 25.9. The highest BCUT2D eigenvalue weighted by Crippen LogP contribution is 2.17. The molecule has 0 aliphatic heterocycles. The van der Waals surface area contributed by atoms with Gasteiger partial charge in [0.2, 0.25) is 0 Å². The second kappa shape index (κ2) is 46.5. The predicted molar refractivity (Wildman–Crippen MR) is 247 cm³/mol. The number of carbonyl (C=O) groups excluding carboxylic acids is 3. The van der Waals surface area contributed by atoms with Crippen LogP contribution in [0.2, 0.25) is 0 Å². The minimum absolute atomic E-state index is 0.0640. The average molecular weight is 821 g/mol. The molecule has 0 N–H and O–H groups in total. The van der Waals surface area contributed by atoms with E-state index in [0.29, 0.717) is 19.3 Å². The molecular formula is C52H100O6. The Labute approximate surface area is 361 Å². The molecule has 0 aliphatic carbocycles. The van der Waals surface area contributed by atoms with Gasteiger partial charge in [0.05, 0.1) is 0 Å². The summed E-state index contributed by atoms with van der Waals surface area (Å²) in [7, 11) is 0. The molecule has 344 valence electrons. The maximum absolute atomic E-state index is 12.7. The molecule has 0 spiro atoms. The van der Waals surface area contributed by atoms with Crippen molar-refractivity contribution in [2.75, 3.05) is 13.2 Å². The van der Waals surface area contributed by atoms with E-state index in [1.807, 2.05) is 0 Å². The summed E-state index contributed by atoms with van der Waals surface area (Å²) in [6, 6.07) is 0. The van der Waals surface area contributed by atoms with Gasteiger partial charge in [0.1, 0.15) is 13.2 Å². The number of hydrogen-bond donors (Lipinski definition) is 0. The van der Waals surface area contributed by atoms with Gasteiger partial charge in [-0.05, 0) is 25.2 Å². The lowest BCUT2D eigenvalue weighted by atomic mass is 10.0. The normalized spacial score (nSPS) is 11.9. The van der Waals surface area contributed by atoms with Crippen molar-refractivity contribution in [2.45, 2.75) is 297 Å². The van der Waals surface area contributed by atoms with Crippen molar-refractivity contribution in [1.29, 1.82) is 0 Å². The van der Waals surface area contributed by atoms with Crippen LogP contribution in [0.4, 0.5) is 0 Å². The molecule has 0 aliphatic rings. The second-order valence-electron chi connectivity index (χ2n) is 18.3. The van der Waals surface area contributed by atoms with Crippen LogP contribution in [0.1, 0.15) is 291 Å². The van der Waals surface area contributed by atoms with Crippen LogP contribution in [-0.4, -0.2) is 37.2 Å². The average Bonchev–Trinajstić information content (AvgIpc) is 3.21. The van der Waals surface area contributed by atoms with Crippen LogP contribution < -0.4 is 0 Å². The van der Waals surface area contributed by atoms with E-state index in [1.165, 1.54) is 180 Å². The number of hydrogen-bond acceptors (Lipinski definition) is 6. The van der Waals surface area contributed by atoms with Crippen LogP contribution in [0.3, 0.4) is 0 Å². The standard InChI is InChI=1S/C52H100O6/c1-5-7-9-11-12-13-14-15-16-17-18-19-20-23-27-30-33-37-41-45-52(55)58-49(46-56-50(53)43-39-34-10-8-6-2)47-57-51(54)44-40-36-32-29-26-24-21-22-25-28-31-35-38-42-48(3)4/h48-49H,5-47H2,1-4H3/t49-/m0/s1. The third kappa shape index (κ3) is 45.5. The molecule has 0 aromatic carbocycles. The van der Waals surface area contributed by atoms with Gasteiger partial charge in [0, 0.05) is 19.3 Å². The van der Waals surface area contributed by atoms with E-state index in [9.17, 15) is 14.4 Å². The van der Waals surface area contributed by atoms with Crippen LogP contribution in [0.25, 0.3) is 0 Å². The van der Waals surface area contributed by atoms with Crippen molar-refractivity contribution < 1.29 is 28.6 Å². The lowest BCUT2D eigenvalue weighted by Gasteiger charge is -2.18. The fourth-order valence-electron chi connectivity index (χ4n) is 7.86. The van der Waals surface area contributed by atoms with Gasteiger partial charge in [0.15, 0.2) is 6.10 Å². The summed E-state index contributed by atoms with van der Waals surface area (Å²) >= 11 is 0. The molecule has 0 fully saturated rings. The van der Waals surface area contributed by atoms with Gasteiger partial charge in [-0.15, -0.1) is 0 Å². The van der Waals surface area contributed by atoms with E-state index < -0.39 is 6.10 Å². The van der Waals surface area contributed by atoms with Crippen molar-refractivity contribution >= 4 is 17.9 Å². The third-order valence-corrected chi connectivity index (χ3v) is 11.8. The number of esters is 3. The van der Waals surface area contributed by atoms with Crippen molar-refractivity contribution in [3.05, 3.63) is 0 Å². The Balaban J connectivity index is 4.09. The van der Waals surface area contributed by atoms with Gasteiger partial charge in [0.25, 0.3) is 0 Å². The van der Waals surface area contributed by atoms with E-state index in [1.54, 1.807) is 0 Å². The van der Waals surface area contributed by atoms with Gasteiger partial charge in [-0.3, -0.25) is 14.4 Å². The van der Waals surface area contributed by atoms with E-state index >= 15 is 0 Å². The molecule has 0 amide bonds. The van der Waals surface area contributed by atoms with Crippen molar-refractivity contribution in [3.63, 3.8) is 0 Å². The van der Waals surface area contributed by atoms with Crippen LogP contribution in [0, 0.1) is 5.92 Å². The van der Waals surface area contributed by atoms with Crippen LogP contribution >= 0.6 is 0 Å². The van der Waals surface area contributed by atoms with Gasteiger partial charge in [-0.25, -0.2) is 0 Å². The fourth-order valence-corrected chi connectivity index (χ4v) is 7.86. The van der Waals surface area contributed by atoms with Crippen LogP contribution in [0.5, 0.6) is 0 Å². The first-order valence-electron chi connectivity index (χ1n) is 25.9. The van der Waals surface area contributed by atoms with Crippen molar-refractivity contribution in [2.24, 2.45) is 5.92 Å². The zero-order valence-corrected chi connectivity index (χ0v) is 39.5. The summed E-state index contributed by atoms with van der Waals surface area (Å²) in [6.07, 6.45) is 48.4. The summed E-state index contributed by atoms with van der Waals surface area (Å²) in [5.41, 5.74) is 0. The first kappa shape index (κ1) is 56.4. The molecule has 1 atom stereocenters. The van der Waals surface area contributed by atoms with Crippen molar-refractivity contribution in [3.8, 4) is 0 Å². The van der Waals surface area contributed by atoms with Crippen molar-refractivity contribution in [1.82, 2.24) is 0 Å². The molecule has 0 aromatic rings. The summed E-state index contributed by atoms with van der Waals surface area (Å²) in [4.78, 5) is 37.6. The highest BCUT2D eigenvalue weighted by molar-refractivity contribution is 5.71. The lowest BCUT2D eigenvalue weighted by Crippen LogP contribution is -2.30. The topological polar surface area (TPSA) is 78.9 Å². The Morgan fingerprint density at radius 3 is 0.845 bits per heavy atom. The van der Waals surface area contributed by atoms with Gasteiger partial charge >= 0.3 is 17.9 Å². The van der Waals surface area contributed by atoms with E-state index in [4.69, 9.17) is 14.2 Å². The molecule has 6 heteroatoms. The maximum Gasteiger partial charge on any atom is 0.306 e. The highest BCUT2D eigenvalue weighted by Gasteiger charge is 2.19. The van der Waals surface area contributed by atoms with E-state index in [2.05, 4.69) is 27.7 Å².